The molecule has 0 aliphatic rings. The normalized spacial score (nSPS) is 9.50. The van der Waals surface area contributed by atoms with Crippen LogP contribution >= 0.6 is 0 Å². The van der Waals surface area contributed by atoms with Gasteiger partial charge >= 0.3 is 0 Å². The van der Waals surface area contributed by atoms with Crippen LogP contribution in [0.3, 0.4) is 0 Å². The van der Waals surface area contributed by atoms with Gasteiger partial charge in [0.2, 0.25) is 0 Å². The summed E-state index contributed by atoms with van der Waals surface area (Å²) in [5, 5.41) is 2.89. The van der Waals surface area contributed by atoms with E-state index in [1.807, 2.05) is 6.92 Å². The molecule has 2 nitrogen and oxygen atoms in total. The summed E-state index contributed by atoms with van der Waals surface area (Å²) in [7, 11) is 0. The van der Waals surface area contributed by atoms with Crippen LogP contribution in [0.2, 0.25) is 0 Å². The van der Waals surface area contributed by atoms with Gasteiger partial charge in [-0.1, -0.05) is 0 Å². The van der Waals surface area contributed by atoms with Crippen LogP contribution in [0.15, 0.2) is 12.4 Å². The molecule has 6 heavy (non-hydrogen) atoms. The first-order chi connectivity index (χ1) is 2.91. The van der Waals surface area contributed by atoms with Crippen molar-refractivity contribution >= 4 is 0 Å². The summed E-state index contributed by atoms with van der Waals surface area (Å²) in [6, 6.07) is 0. The second kappa shape index (κ2) is 4.34. The van der Waals surface area contributed by atoms with Crippen LogP contribution in [0, 0.1) is 0 Å². The smallest absolute Gasteiger partial charge is 0.0122 e. The van der Waals surface area contributed by atoms with Crippen molar-refractivity contribution < 1.29 is 0 Å². The molecule has 0 aliphatic carbocycles. The zero-order valence-electron chi connectivity index (χ0n) is 3.94. The molecule has 0 rings (SSSR count). The molecule has 0 spiro atoms. The van der Waals surface area contributed by atoms with Crippen molar-refractivity contribution in [1.82, 2.24) is 5.32 Å². The first kappa shape index (κ1) is 5.34. The largest absolute Gasteiger partial charge is 0.403 e. The Hall–Kier alpha value is -0.660. The molecule has 0 heterocycles. The van der Waals surface area contributed by atoms with Gasteiger partial charge in [-0.2, -0.15) is 0 Å². The molecule has 0 saturated heterocycles. The lowest BCUT2D eigenvalue weighted by molar-refractivity contribution is 0.916. The number of hydrogen-bond donors (Lipinski definition) is 2. The average Bonchev–Trinajstić information content (AvgIpc) is 1.61. The molecule has 0 saturated carbocycles. The fourth-order valence-corrected chi connectivity index (χ4v) is 0.186. The molecule has 0 aromatic heterocycles. The van der Waals surface area contributed by atoms with E-state index in [1.165, 1.54) is 6.20 Å². The van der Waals surface area contributed by atoms with E-state index in [-0.39, 0.29) is 0 Å². The maximum Gasteiger partial charge on any atom is 0.0122 e. The monoisotopic (exact) mass is 86.1 g/mol. The topological polar surface area (TPSA) is 38.0 Å². The van der Waals surface area contributed by atoms with Gasteiger partial charge in [0.05, 0.1) is 0 Å². The Morgan fingerprint density at radius 1 is 1.83 bits per heavy atom. The minimum absolute atomic E-state index is 0.938. The lowest BCUT2D eigenvalue weighted by Crippen LogP contribution is -2.02. The Labute approximate surface area is 38.0 Å². The van der Waals surface area contributed by atoms with Crippen molar-refractivity contribution in [3.63, 3.8) is 0 Å². The maximum atomic E-state index is 4.97. The molecule has 0 aromatic carbocycles. The van der Waals surface area contributed by atoms with Crippen molar-refractivity contribution in [3.8, 4) is 0 Å². The molecule has 36 valence electrons. The van der Waals surface area contributed by atoms with E-state index in [4.69, 9.17) is 5.73 Å². The van der Waals surface area contributed by atoms with E-state index in [1.54, 1.807) is 6.20 Å². The van der Waals surface area contributed by atoms with Gasteiger partial charge in [0.15, 0.2) is 0 Å². The summed E-state index contributed by atoms with van der Waals surface area (Å²) in [4.78, 5) is 0. The molecule has 0 radical (unpaired) electrons. The van der Waals surface area contributed by atoms with Crippen molar-refractivity contribution in [2.45, 2.75) is 6.92 Å². The second-order valence-electron chi connectivity index (χ2n) is 0.917. The summed E-state index contributed by atoms with van der Waals surface area (Å²) in [5.41, 5.74) is 4.97. The molecule has 0 bridgehead atoms. The molecule has 0 aromatic rings. The Kier molecular flexibility index (Phi) is 3.86. The second-order valence-corrected chi connectivity index (χ2v) is 0.917. The van der Waals surface area contributed by atoms with Gasteiger partial charge in [-0.3, -0.25) is 0 Å². The van der Waals surface area contributed by atoms with Gasteiger partial charge < -0.3 is 11.1 Å². The van der Waals surface area contributed by atoms with E-state index in [2.05, 4.69) is 5.32 Å². The highest BCUT2D eigenvalue weighted by atomic mass is 14.8. The SMILES string of the molecule is CCN/C=C/N. The van der Waals surface area contributed by atoms with Gasteiger partial charge in [-0.15, -0.1) is 0 Å². The summed E-state index contributed by atoms with van der Waals surface area (Å²) in [5.74, 6) is 0. The highest BCUT2D eigenvalue weighted by Crippen LogP contribution is 1.51. The summed E-state index contributed by atoms with van der Waals surface area (Å²) >= 11 is 0. The predicted octanol–water partition coefficient (Wildman–Crippen LogP) is 0.0258. The van der Waals surface area contributed by atoms with Crippen LogP contribution in [0.4, 0.5) is 0 Å². The number of hydrogen-bond acceptors (Lipinski definition) is 2. The standard InChI is InChI=1S/C4H10N2/c1-2-6-4-3-5/h3-4,6H,2,5H2,1H3/b4-3+. The third kappa shape index (κ3) is 3.34. The molecule has 0 amide bonds. The van der Waals surface area contributed by atoms with Gasteiger partial charge in [0.25, 0.3) is 0 Å². The fraction of sp³-hybridized carbons (Fsp3) is 0.500. The van der Waals surface area contributed by atoms with Crippen LogP contribution in [0.1, 0.15) is 6.92 Å². The zero-order valence-corrected chi connectivity index (χ0v) is 3.94. The number of nitrogens with two attached hydrogens (primary N) is 1. The van der Waals surface area contributed by atoms with Crippen molar-refractivity contribution in [1.29, 1.82) is 0 Å². The zero-order chi connectivity index (χ0) is 4.83. The Bertz CT molecular complexity index is 40.8. The Balaban J connectivity index is 2.66. The molecule has 2 heteroatoms. The third-order valence-electron chi connectivity index (χ3n) is 0.418. The van der Waals surface area contributed by atoms with Gasteiger partial charge in [0, 0.05) is 18.9 Å². The molecule has 0 aliphatic heterocycles. The van der Waals surface area contributed by atoms with Crippen LogP contribution in [0.5, 0.6) is 0 Å². The minimum atomic E-state index is 0.938. The van der Waals surface area contributed by atoms with E-state index in [9.17, 15) is 0 Å². The first-order valence-electron chi connectivity index (χ1n) is 2.02. The van der Waals surface area contributed by atoms with E-state index >= 15 is 0 Å². The van der Waals surface area contributed by atoms with E-state index in [0.29, 0.717) is 0 Å². The summed E-state index contributed by atoms with van der Waals surface area (Å²) in [6.07, 6.45) is 3.18. The summed E-state index contributed by atoms with van der Waals surface area (Å²) < 4.78 is 0. The molecule has 0 unspecified atom stereocenters. The molecule has 3 N–H and O–H groups in total. The fourth-order valence-electron chi connectivity index (χ4n) is 0.186. The average molecular weight is 86.1 g/mol. The van der Waals surface area contributed by atoms with Crippen molar-refractivity contribution in [2.24, 2.45) is 5.73 Å². The highest BCUT2D eigenvalue weighted by Gasteiger charge is 1.58. The van der Waals surface area contributed by atoms with Gasteiger partial charge in [-0.05, 0) is 6.92 Å². The molecular weight excluding hydrogens is 76.1 g/mol. The van der Waals surface area contributed by atoms with E-state index in [0.717, 1.165) is 6.54 Å². The molecule has 0 fully saturated rings. The Morgan fingerprint density at radius 2 is 2.50 bits per heavy atom. The lowest BCUT2D eigenvalue weighted by Gasteiger charge is -1.85. The van der Waals surface area contributed by atoms with Crippen LogP contribution < -0.4 is 11.1 Å². The minimum Gasteiger partial charge on any atom is -0.403 e. The van der Waals surface area contributed by atoms with Crippen LogP contribution in [-0.4, -0.2) is 6.54 Å². The molecule has 0 atom stereocenters. The van der Waals surface area contributed by atoms with Crippen molar-refractivity contribution in [2.75, 3.05) is 6.54 Å². The number of rotatable bonds is 2. The summed E-state index contributed by atoms with van der Waals surface area (Å²) in [6.45, 7) is 2.95. The third-order valence-corrected chi connectivity index (χ3v) is 0.418. The first-order valence-corrected chi connectivity index (χ1v) is 2.02. The van der Waals surface area contributed by atoms with Crippen LogP contribution in [0.25, 0.3) is 0 Å². The predicted molar refractivity (Wildman–Crippen MR) is 27.0 cm³/mol. The Morgan fingerprint density at radius 3 is 2.67 bits per heavy atom. The quantitative estimate of drug-likeness (QED) is 0.497. The lowest BCUT2D eigenvalue weighted by atomic mass is 10.7. The van der Waals surface area contributed by atoms with Crippen LogP contribution in [-0.2, 0) is 0 Å². The number of nitrogens with one attached hydrogen (secondary N) is 1. The van der Waals surface area contributed by atoms with Gasteiger partial charge in [-0.25, -0.2) is 0 Å². The van der Waals surface area contributed by atoms with E-state index < -0.39 is 0 Å². The van der Waals surface area contributed by atoms with Crippen molar-refractivity contribution in [3.05, 3.63) is 12.4 Å². The highest BCUT2D eigenvalue weighted by molar-refractivity contribution is 4.70. The molecular formula is C4H10N2. The van der Waals surface area contributed by atoms with Gasteiger partial charge in [0.1, 0.15) is 0 Å². The maximum absolute atomic E-state index is 4.97.